The SMILES string of the molecule is CCNC(=NCc1cccc(CN2CCOC(C)C2)c1)NCc1ccc(OC)cc1OC. The number of benzene rings is 2. The van der Waals surface area contributed by atoms with Gasteiger partial charge in [-0.25, -0.2) is 4.99 Å². The molecule has 0 bridgehead atoms. The Morgan fingerprint density at radius 3 is 2.72 bits per heavy atom. The highest BCUT2D eigenvalue weighted by molar-refractivity contribution is 5.79. The molecule has 1 fully saturated rings. The molecule has 1 aliphatic heterocycles. The molecule has 7 heteroatoms. The summed E-state index contributed by atoms with van der Waals surface area (Å²) in [6.07, 6.45) is 0.301. The normalized spacial score (nSPS) is 17.1. The third-order valence-electron chi connectivity index (χ3n) is 5.43. The molecule has 3 rings (SSSR count). The van der Waals surface area contributed by atoms with Gasteiger partial charge in [-0.05, 0) is 37.1 Å². The number of hydrogen-bond donors (Lipinski definition) is 2. The molecule has 0 aliphatic carbocycles. The Balaban J connectivity index is 1.61. The lowest BCUT2D eigenvalue weighted by Crippen LogP contribution is -2.40. The van der Waals surface area contributed by atoms with Crippen molar-refractivity contribution in [3.8, 4) is 11.5 Å². The summed E-state index contributed by atoms with van der Waals surface area (Å²) in [4.78, 5) is 7.23. The van der Waals surface area contributed by atoms with E-state index in [0.717, 1.165) is 55.8 Å². The first kappa shape index (κ1) is 23.9. The van der Waals surface area contributed by atoms with E-state index in [2.05, 4.69) is 53.6 Å². The van der Waals surface area contributed by atoms with Gasteiger partial charge in [-0.3, -0.25) is 4.90 Å². The number of rotatable bonds is 9. The van der Waals surface area contributed by atoms with Crippen LogP contribution in [0.4, 0.5) is 0 Å². The van der Waals surface area contributed by atoms with E-state index in [-0.39, 0.29) is 0 Å². The van der Waals surface area contributed by atoms with E-state index < -0.39 is 0 Å². The summed E-state index contributed by atoms with van der Waals surface area (Å²) in [7, 11) is 3.32. The molecule has 2 aromatic carbocycles. The van der Waals surface area contributed by atoms with Gasteiger partial charge in [0.05, 0.1) is 33.5 Å². The summed E-state index contributed by atoms with van der Waals surface area (Å²) in [5.74, 6) is 2.34. The Morgan fingerprint density at radius 2 is 1.97 bits per heavy atom. The number of nitrogens with one attached hydrogen (secondary N) is 2. The molecular weight excluding hydrogens is 404 g/mol. The van der Waals surface area contributed by atoms with Crippen molar-refractivity contribution in [3.05, 3.63) is 59.2 Å². The molecule has 1 aliphatic rings. The number of ether oxygens (including phenoxy) is 3. The maximum absolute atomic E-state index is 5.65. The topological polar surface area (TPSA) is 67.4 Å². The first-order chi connectivity index (χ1) is 15.6. The number of nitrogens with zero attached hydrogens (tertiary/aromatic N) is 2. The van der Waals surface area contributed by atoms with Crippen molar-refractivity contribution in [2.75, 3.05) is 40.5 Å². The number of aliphatic imine (C=N–C) groups is 1. The zero-order valence-corrected chi connectivity index (χ0v) is 19.7. The molecule has 7 nitrogen and oxygen atoms in total. The lowest BCUT2D eigenvalue weighted by molar-refractivity contribution is -0.0212. The van der Waals surface area contributed by atoms with Gasteiger partial charge in [-0.15, -0.1) is 0 Å². The molecular formula is C25H36N4O3. The summed E-state index contributed by atoms with van der Waals surface area (Å²) >= 11 is 0. The largest absolute Gasteiger partial charge is 0.497 e. The van der Waals surface area contributed by atoms with E-state index in [1.54, 1.807) is 14.2 Å². The highest BCUT2D eigenvalue weighted by Gasteiger charge is 2.16. The maximum atomic E-state index is 5.65. The molecule has 1 atom stereocenters. The second kappa shape index (κ2) is 12.3. The van der Waals surface area contributed by atoms with E-state index in [9.17, 15) is 0 Å². The first-order valence-electron chi connectivity index (χ1n) is 11.3. The minimum absolute atomic E-state index is 0.301. The van der Waals surface area contributed by atoms with Crippen molar-refractivity contribution in [3.63, 3.8) is 0 Å². The number of methoxy groups -OCH3 is 2. The maximum Gasteiger partial charge on any atom is 0.191 e. The predicted molar refractivity (Wildman–Crippen MR) is 128 cm³/mol. The van der Waals surface area contributed by atoms with Crippen molar-refractivity contribution in [2.45, 2.75) is 39.6 Å². The standard InChI is InChI=1S/C25H36N4O3/c1-5-26-25(28-16-22-9-10-23(30-3)14-24(22)31-4)27-15-20-7-6-8-21(13-20)18-29-11-12-32-19(2)17-29/h6-10,13-14,19H,5,11-12,15-18H2,1-4H3,(H2,26,27,28). The Labute approximate surface area is 191 Å². The molecule has 1 unspecified atom stereocenters. The molecule has 2 N–H and O–H groups in total. The van der Waals surface area contributed by atoms with Gasteiger partial charge >= 0.3 is 0 Å². The van der Waals surface area contributed by atoms with Gasteiger partial charge < -0.3 is 24.8 Å². The van der Waals surface area contributed by atoms with Crippen LogP contribution < -0.4 is 20.1 Å². The van der Waals surface area contributed by atoms with Crippen LogP contribution in [0.1, 0.15) is 30.5 Å². The van der Waals surface area contributed by atoms with Crippen molar-refractivity contribution in [1.29, 1.82) is 0 Å². The average Bonchev–Trinajstić information content (AvgIpc) is 2.81. The molecule has 1 heterocycles. The highest BCUT2D eigenvalue weighted by atomic mass is 16.5. The Morgan fingerprint density at radius 1 is 1.12 bits per heavy atom. The van der Waals surface area contributed by atoms with E-state index in [1.807, 2.05) is 18.2 Å². The van der Waals surface area contributed by atoms with Crippen molar-refractivity contribution in [2.24, 2.45) is 4.99 Å². The van der Waals surface area contributed by atoms with Crippen molar-refractivity contribution < 1.29 is 14.2 Å². The fraction of sp³-hybridized carbons (Fsp3) is 0.480. The molecule has 32 heavy (non-hydrogen) atoms. The van der Waals surface area contributed by atoms with Crippen molar-refractivity contribution >= 4 is 5.96 Å². The van der Waals surface area contributed by atoms with Gasteiger partial charge in [0.15, 0.2) is 5.96 Å². The summed E-state index contributed by atoms with van der Waals surface area (Å²) < 4.78 is 16.4. The Kier molecular flexibility index (Phi) is 9.19. The van der Waals surface area contributed by atoms with Crippen LogP contribution in [0.25, 0.3) is 0 Å². The lowest BCUT2D eigenvalue weighted by atomic mass is 10.1. The minimum Gasteiger partial charge on any atom is -0.497 e. The smallest absolute Gasteiger partial charge is 0.191 e. The second-order valence-corrected chi connectivity index (χ2v) is 7.96. The zero-order valence-electron chi connectivity index (χ0n) is 19.7. The van der Waals surface area contributed by atoms with Gasteiger partial charge in [0.1, 0.15) is 11.5 Å². The molecule has 0 radical (unpaired) electrons. The number of morpholine rings is 1. The fourth-order valence-corrected chi connectivity index (χ4v) is 3.81. The van der Waals surface area contributed by atoms with E-state index >= 15 is 0 Å². The molecule has 174 valence electrons. The Bertz CT molecular complexity index is 887. The zero-order chi connectivity index (χ0) is 22.8. The summed E-state index contributed by atoms with van der Waals surface area (Å²) in [6, 6.07) is 14.5. The van der Waals surface area contributed by atoms with Crippen molar-refractivity contribution in [1.82, 2.24) is 15.5 Å². The quantitative estimate of drug-likeness (QED) is 0.461. The fourth-order valence-electron chi connectivity index (χ4n) is 3.81. The van der Waals surface area contributed by atoms with Crippen LogP contribution in [-0.2, 0) is 24.4 Å². The monoisotopic (exact) mass is 440 g/mol. The highest BCUT2D eigenvalue weighted by Crippen LogP contribution is 2.24. The predicted octanol–water partition coefficient (Wildman–Crippen LogP) is 3.18. The van der Waals surface area contributed by atoms with E-state index in [0.29, 0.717) is 19.2 Å². The van der Waals surface area contributed by atoms with Crippen LogP contribution in [0.5, 0.6) is 11.5 Å². The number of guanidine groups is 1. The molecule has 0 spiro atoms. The molecule has 0 saturated carbocycles. The van der Waals surface area contributed by atoms with Gasteiger partial charge in [0.2, 0.25) is 0 Å². The van der Waals surface area contributed by atoms with Gasteiger partial charge in [-0.2, -0.15) is 0 Å². The van der Waals surface area contributed by atoms with Gasteiger partial charge in [-0.1, -0.05) is 24.3 Å². The summed E-state index contributed by atoms with van der Waals surface area (Å²) in [6.45, 7) is 9.92. The molecule has 0 amide bonds. The molecule has 1 saturated heterocycles. The van der Waals surface area contributed by atoms with Gasteiger partial charge in [0.25, 0.3) is 0 Å². The second-order valence-electron chi connectivity index (χ2n) is 7.96. The Hall–Kier alpha value is -2.77. The third kappa shape index (κ3) is 7.14. The first-order valence-corrected chi connectivity index (χ1v) is 11.3. The van der Waals surface area contributed by atoms with Crippen LogP contribution in [0.15, 0.2) is 47.5 Å². The average molecular weight is 441 g/mol. The van der Waals surface area contributed by atoms with E-state index in [4.69, 9.17) is 19.2 Å². The molecule has 0 aromatic heterocycles. The van der Waals surface area contributed by atoms with Gasteiger partial charge in [0, 0.05) is 44.4 Å². The minimum atomic E-state index is 0.301. The lowest BCUT2D eigenvalue weighted by Gasteiger charge is -2.31. The van der Waals surface area contributed by atoms with Crippen LogP contribution in [-0.4, -0.2) is 57.4 Å². The summed E-state index contributed by atoms with van der Waals surface area (Å²) in [5.41, 5.74) is 3.55. The summed E-state index contributed by atoms with van der Waals surface area (Å²) in [5, 5.41) is 6.72. The van der Waals surface area contributed by atoms with Crippen LogP contribution >= 0.6 is 0 Å². The van der Waals surface area contributed by atoms with Crippen LogP contribution in [0.3, 0.4) is 0 Å². The number of hydrogen-bond acceptors (Lipinski definition) is 5. The molecule has 2 aromatic rings. The van der Waals surface area contributed by atoms with Crippen LogP contribution in [0.2, 0.25) is 0 Å². The van der Waals surface area contributed by atoms with Crippen LogP contribution in [0, 0.1) is 0 Å². The van der Waals surface area contributed by atoms with E-state index in [1.165, 1.54) is 11.1 Å². The third-order valence-corrected chi connectivity index (χ3v) is 5.43.